The van der Waals surface area contributed by atoms with Gasteiger partial charge in [0.05, 0.1) is 24.7 Å². The van der Waals surface area contributed by atoms with Gasteiger partial charge in [-0.1, -0.05) is 51.8 Å². The van der Waals surface area contributed by atoms with Crippen LogP contribution in [0.4, 0.5) is 4.39 Å². The summed E-state index contributed by atoms with van der Waals surface area (Å²) in [5, 5.41) is 3.38. The van der Waals surface area contributed by atoms with E-state index in [4.69, 9.17) is 22.9 Å². The molecule has 1 atom stereocenters. The summed E-state index contributed by atoms with van der Waals surface area (Å²) in [4.78, 5) is 16.8. The van der Waals surface area contributed by atoms with Gasteiger partial charge in [-0.2, -0.15) is 0 Å². The van der Waals surface area contributed by atoms with Crippen molar-refractivity contribution in [3.63, 3.8) is 0 Å². The van der Waals surface area contributed by atoms with Gasteiger partial charge in [-0.3, -0.25) is 0 Å². The number of carbonyl (C=O) groups excluding carboxylic acids is 1. The highest BCUT2D eigenvalue weighted by molar-refractivity contribution is 6.31. The van der Waals surface area contributed by atoms with Gasteiger partial charge >= 0.3 is 5.97 Å². The van der Waals surface area contributed by atoms with Crippen LogP contribution >= 0.6 is 11.6 Å². The minimum Gasteiger partial charge on any atom is -0.462 e. The van der Waals surface area contributed by atoms with Crippen LogP contribution in [-0.2, 0) is 9.53 Å². The van der Waals surface area contributed by atoms with Crippen molar-refractivity contribution in [1.29, 1.82) is 0 Å². The molecular weight excluding hydrogens is 379 g/mol. The van der Waals surface area contributed by atoms with Crippen LogP contribution in [0, 0.1) is 17.8 Å². The zero-order chi connectivity index (χ0) is 21.1. The molecule has 1 aliphatic heterocycles. The Balaban J connectivity index is 2.62. The fraction of sp³-hybridized carbons (Fsp3) is 0.455. The fourth-order valence-corrected chi connectivity index (χ4v) is 3.40. The normalized spacial score (nSPS) is 17.3. The van der Waals surface area contributed by atoms with Gasteiger partial charge in [0.1, 0.15) is 5.82 Å². The van der Waals surface area contributed by atoms with Crippen LogP contribution in [-0.4, -0.2) is 12.6 Å². The third-order valence-corrected chi connectivity index (χ3v) is 4.69. The van der Waals surface area contributed by atoms with Gasteiger partial charge in [0, 0.05) is 16.4 Å². The van der Waals surface area contributed by atoms with E-state index in [1.165, 1.54) is 18.2 Å². The van der Waals surface area contributed by atoms with E-state index in [9.17, 15) is 9.18 Å². The highest BCUT2D eigenvalue weighted by atomic mass is 35.5. The van der Waals surface area contributed by atoms with Gasteiger partial charge in [0.15, 0.2) is 5.70 Å². The Hall–Kier alpha value is -2.32. The molecule has 4 nitrogen and oxygen atoms in total. The van der Waals surface area contributed by atoms with E-state index in [1.807, 2.05) is 27.7 Å². The molecule has 0 aliphatic carbocycles. The molecule has 1 unspecified atom stereocenters. The second kappa shape index (κ2) is 8.79. The van der Waals surface area contributed by atoms with Crippen molar-refractivity contribution in [3.8, 4) is 0 Å². The maximum Gasteiger partial charge on any atom is 0.335 e. The number of esters is 1. The average Bonchev–Trinajstić information content (AvgIpc) is 2.59. The van der Waals surface area contributed by atoms with E-state index in [1.54, 1.807) is 6.92 Å². The number of hydrogen-bond acceptors (Lipinski definition) is 3. The maximum atomic E-state index is 13.6. The fourth-order valence-electron chi connectivity index (χ4n) is 3.12. The Morgan fingerprint density at radius 1 is 1.39 bits per heavy atom. The van der Waals surface area contributed by atoms with Crippen LogP contribution in [0.2, 0.25) is 5.02 Å². The molecule has 0 aromatic heterocycles. The van der Waals surface area contributed by atoms with Crippen molar-refractivity contribution >= 4 is 17.6 Å². The maximum absolute atomic E-state index is 13.6. The summed E-state index contributed by atoms with van der Waals surface area (Å²) in [7, 11) is 0. The van der Waals surface area contributed by atoms with Crippen molar-refractivity contribution in [2.75, 3.05) is 6.61 Å². The van der Waals surface area contributed by atoms with Crippen LogP contribution in [0.3, 0.4) is 0 Å². The molecule has 1 aromatic carbocycles. The summed E-state index contributed by atoms with van der Waals surface area (Å²) in [6, 6.07) is 4.03. The monoisotopic (exact) mass is 404 g/mol. The second-order valence-corrected chi connectivity index (χ2v) is 8.53. The molecule has 1 aliphatic rings. The molecule has 0 fully saturated rings. The number of carbonyl (C=O) groups is 1. The molecule has 150 valence electrons. The van der Waals surface area contributed by atoms with Gasteiger partial charge < -0.3 is 10.1 Å². The number of halogens is 2. The lowest BCUT2D eigenvalue weighted by Crippen LogP contribution is -2.31. The van der Waals surface area contributed by atoms with E-state index in [-0.39, 0.29) is 17.0 Å². The summed E-state index contributed by atoms with van der Waals surface area (Å²) in [6.07, 6.45) is 1.43. The number of nitrogens with one attached hydrogen (secondary N) is 1. The SMILES string of the molecule is [C-]#[N+]C1=C(C)NC(CCC)=C(C(=O)OCC(C)(C)C)C1c1ccc(F)cc1Cl. The number of allylic oxidation sites excluding steroid dienone is 3. The Kier molecular flexibility index (Phi) is 6.90. The Bertz CT molecular complexity index is 876. The van der Waals surface area contributed by atoms with E-state index in [0.29, 0.717) is 29.0 Å². The second-order valence-electron chi connectivity index (χ2n) is 8.12. The predicted octanol–water partition coefficient (Wildman–Crippen LogP) is 5.96. The van der Waals surface area contributed by atoms with Crippen LogP contribution in [0.25, 0.3) is 4.85 Å². The number of hydrogen-bond donors (Lipinski definition) is 1. The largest absolute Gasteiger partial charge is 0.462 e. The van der Waals surface area contributed by atoms with Crippen LogP contribution < -0.4 is 5.32 Å². The molecule has 1 heterocycles. The molecular formula is C22H26ClFN2O2. The van der Waals surface area contributed by atoms with Gasteiger partial charge in [-0.25, -0.2) is 14.0 Å². The van der Waals surface area contributed by atoms with E-state index >= 15 is 0 Å². The van der Waals surface area contributed by atoms with E-state index in [2.05, 4.69) is 10.2 Å². The number of ether oxygens (including phenoxy) is 1. The summed E-state index contributed by atoms with van der Waals surface area (Å²) in [6.45, 7) is 17.6. The third kappa shape index (κ3) is 4.94. The summed E-state index contributed by atoms with van der Waals surface area (Å²) in [5.74, 6) is -1.65. The molecule has 0 saturated carbocycles. The number of rotatable bonds is 5. The van der Waals surface area contributed by atoms with Gasteiger partial charge in [-0.15, -0.1) is 0 Å². The molecule has 2 rings (SSSR count). The molecule has 0 spiro atoms. The zero-order valence-corrected chi connectivity index (χ0v) is 17.7. The first kappa shape index (κ1) is 22.0. The molecule has 1 aromatic rings. The smallest absolute Gasteiger partial charge is 0.335 e. The van der Waals surface area contributed by atoms with Crippen LogP contribution in [0.1, 0.15) is 58.9 Å². The number of nitrogens with zero attached hydrogens (tertiary/aromatic N) is 1. The molecule has 0 radical (unpaired) electrons. The Morgan fingerprint density at radius 2 is 2.07 bits per heavy atom. The highest BCUT2D eigenvalue weighted by Gasteiger charge is 2.37. The zero-order valence-electron chi connectivity index (χ0n) is 17.0. The standard InChI is InChI=1S/C22H26ClFN2O2/c1-7-8-17-19(21(27)28-12-22(3,4)5)18(20(25-6)13(2)26-17)15-10-9-14(24)11-16(15)23/h9-11,18,26H,7-8,12H2,1-5H3. The van der Waals surface area contributed by atoms with Crippen molar-refractivity contribution in [2.24, 2.45) is 5.41 Å². The van der Waals surface area contributed by atoms with Gasteiger partial charge in [0.25, 0.3) is 0 Å². The van der Waals surface area contributed by atoms with Crippen molar-refractivity contribution in [2.45, 2.75) is 53.4 Å². The molecule has 6 heteroatoms. The molecule has 0 bridgehead atoms. The number of dihydropyridines is 1. The van der Waals surface area contributed by atoms with Crippen LogP contribution in [0.15, 0.2) is 40.9 Å². The first-order valence-corrected chi connectivity index (χ1v) is 9.67. The van der Waals surface area contributed by atoms with E-state index in [0.717, 1.165) is 12.1 Å². The highest BCUT2D eigenvalue weighted by Crippen LogP contribution is 2.43. The van der Waals surface area contributed by atoms with E-state index < -0.39 is 17.7 Å². The first-order chi connectivity index (χ1) is 13.1. The number of benzene rings is 1. The minimum atomic E-state index is -0.694. The molecule has 0 saturated heterocycles. The third-order valence-electron chi connectivity index (χ3n) is 4.36. The lowest BCUT2D eigenvalue weighted by molar-refractivity contribution is -0.142. The average molecular weight is 405 g/mol. The lowest BCUT2D eigenvalue weighted by atomic mass is 9.83. The quantitative estimate of drug-likeness (QED) is 0.486. The summed E-state index contributed by atoms with van der Waals surface area (Å²) < 4.78 is 19.2. The van der Waals surface area contributed by atoms with Gasteiger partial charge in [-0.05, 0) is 36.5 Å². The Labute approximate surface area is 171 Å². The topological polar surface area (TPSA) is 42.7 Å². The Morgan fingerprint density at radius 3 is 2.61 bits per heavy atom. The molecule has 1 N–H and O–H groups in total. The first-order valence-electron chi connectivity index (χ1n) is 9.29. The predicted molar refractivity (Wildman–Crippen MR) is 109 cm³/mol. The molecule has 28 heavy (non-hydrogen) atoms. The summed E-state index contributed by atoms with van der Waals surface area (Å²) in [5.41, 5.74) is 2.44. The van der Waals surface area contributed by atoms with Crippen molar-refractivity contribution in [3.05, 3.63) is 68.7 Å². The van der Waals surface area contributed by atoms with Crippen molar-refractivity contribution < 1.29 is 13.9 Å². The lowest BCUT2D eigenvalue weighted by Gasteiger charge is -2.31. The van der Waals surface area contributed by atoms with Gasteiger partial charge in [0.2, 0.25) is 0 Å². The molecule has 0 amide bonds. The minimum absolute atomic E-state index is 0.179. The van der Waals surface area contributed by atoms with Crippen LogP contribution in [0.5, 0.6) is 0 Å². The summed E-state index contributed by atoms with van der Waals surface area (Å²) >= 11 is 6.32. The van der Waals surface area contributed by atoms with Crippen molar-refractivity contribution in [1.82, 2.24) is 5.32 Å².